The van der Waals surface area contributed by atoms with Crippen LogP contribution in [0.15, 0.2) is 83.9 Å². The topological polar surface area (TPSA) is 107 Å². The van der Waals surface area contributed by atoms with Crippen molar-refractivity contribution >= 4 is 5.69 Å². The second kappa shape index (κ2) is 7.85. The highest BCUT2D eigenvalue weighted by Crippen LogP contribution is 2.24. The van der Waals surface area contributed by atoms with E-state index in [4.69, 9.17) is 0 Å². The van der Waals surface area contributed by atoms with E-state index >= 15 is 0 Å². The van der Waals surface area contributed by atoms with E-state index in [0.717, 1.165) is 23.5 Å². The van der Waals surface area contributed by atoms with Crippen LogP contribution in [0.5, 0.6) is 0 Å². The van der Waals surface area contributed by atoms with Gasteiger partial charge in [-0.05, 0) is 12.1 Å². The van der Waals surface area contributed by atoms with Gasteiger partial charge in [0.15, 0.2) is 0 Å². The lowest BCUT2D eigenvalue weighted by molar-refractivity contribution is -0.385. The summed E-state index contributed by atoms with van der Waals surface area (Å²) in [6.45, 7) is 0.0340. The maximum atomic E-state index is 12.6. The highest BCUT2D eigenvalue weighted by molar-refractivity contribution is 5.63. The van der Waals surface area contributed by atoms with E-state index in [1.54, 1.807) is 16.9 Å². The Balaban J connectivity index is 1.86. The van der Waals surface area contributed by atoms with Crippen LogP contribution in [0.4, 0.5) is 5.69 Å². The van der Waals surface area contributed by atoms with Crippen LogP contribution in [0.3, 0.4) is 0 Å². The maximum Gasteiger partial charge on any atom is 0.287 e. The smallest absolute Gasteiger partial charge is 0.287 e. The minimum atomic E-state index is -0.623. The van der Waals surface area contributed by atoms with E-state index in [1.165, 1.54) is 4.57 Å². The average Bonchev–Trinajstić information content (AvgIpc) is 3.20. The quantitative estimate of drug-likeness (QED) is 0.378. The van der Waals surface area contributed by atoms with E-state index in [1.807, 2.05) is 60.7 Å². The van der Waals surface area contributed by atoms with Gasteiger partial charge in [0.25, 0.3) is 11.2 Å². The summed E-state index contributed by atoms with van der Waals surface area (Å²) in [6, 6.07) is 21.7. The molecule has 8 nitrogen and oxygen atoms in total. The molecule has 0 aliphatic carbocycles. The second-order valence-corrected chi connectivity index (χ2v) is 6.56. The van der Waals surface area contributed by atoms with E-state index in [0.29, 0.717) is 11.3 Å². The monoisotopic (exact) mass is 397 g/mol. The minimum Gasteiger partial charge on any atom is -0.303 e. The number of para-hydroxylation sites is 1. The molecule has 0 N–H and O–H groups in total. The average molecular weight is 397 g/mol. The molecule has 30 heavy (non-hydrogen) atoms. The summed E-state index contributed by atoms with van der Waals surface area (Å²) in [5.41, 5.74) is 1.84. The van der Waals surface area contributed by atoms with Gasteiger partial charge in [-0.1, -0.05) is 48.5 Å². The first kappa shape index (κ1) is 18.8. The van der Waals surface area contributed by atoms with Crippen molar-refractivity contribution in [3.63, 3.8) is 0 Å². The first-order chi connectivity index (χ1) is 14.6. The van der Waals surface area contributed by atoms with Gasteiger partial charge in [0.1, 0.15) is 11.6 Å². The highest BCUT2D eigenvalue weighted by atomic mass is 16.6. The fourth-order valence-corrected chi connectivity index (χ4v) is 3.18. The lowest BCUT2D eigenvalue weighted by atomic mass is 10.1. The molecule has 0 spiro atoms. The number of nitrogens with zero attached hydrogens (tertiary/aromatic N) is 5. The number of nitriles is 1. The molecule has 4 aromatic rings. The Morgan fingerprint density at radius 1 is 1.03 bits per heavy atom. The van der Waals surface area contributed by atoms with Crippen molar-refractivity contribution in [1.82, 2.24) is 14.3 Å². The van der Waals surface area contributed by atoms with Gasteiger partial charge in [-0.25, -0.2) is 4.68 Å². The van der Waals surface area contributed by atoms with Crippen molar-refractivity contribution in [3.8, 4) is 23.0 Å². The largest absolute Gasteiger partial charge is 0.303 e. The molecule has 0 amide bonds. The van der Waals surface area contributed by atoms with E-state index in [9.17, 15) is 20.2 Å². The van der Waals surface area contributed by atoms with E-state index in [-0.39, 0.29) is 17.8 Å². The zero-order chi connectivity index (χ0) is 21.1. The van der Waals surface area contributed by atoms with Gasteiger partial charge >= 0.3 is 0 Å². The molecule has 0 saturated carbocycles. The summed E-state index contributed by atoms with van der Waals surface area (Å²) >= 11 is 0. The molecule has 0 aliphatic heterocycles. The number of aromatic nitrogens is 3. The summed E-state index contributed by atoms with van der Waals surface area (Å²) in [6.07, 6.45) is 2.94. The molecule has 2 heterocycles. The standard InChI is InChI=1S/C22H15N5O3/c23-12-17-11-20(27(29)30)15-25(22(17)28)13-18-14-26(19-9-5-2-6-10-19)24-21(18)16-7-3-1-4-8-16/h1-11,14-15H,13H2. The van der Waals surface area contributed by atoms with Gasteiger partial charge in [-0.3, -0.25) is 14.9 Å². The van der Waals surface area contributed by atoms with E-state index < -0.39 is 10.5 Å². The molecule has 0 radical (unpaired) electrons. The molecule has 4 rings (SSSR count). The predicted molar refractivity (Wildman–Crippen MR) is 110 cm³/mol. The number of pyridine rings is 1. The summed E-state index contributed by atoms with van der Waals surface area (Å²) in [5.74, 6) is 0. The van der Waals surface area contributed by atoms with Gasteiger partial charge in [-0.2, -0.15) is 10.4 Å². The summed E-state index contributed by atoms with van der Waals surface area (Å²) in [7, 11) is 0. The molecular weight excluding hydrogens is 382 g/mol. The van der Waals surface area contributed by atoms with Gasteiger partial charge in [0.2, 0.25) is 0 Å². The van der Waals surface area contributed by atoms with Gasteiger partial charge < -0.3 is 4.57 Å². The summed E-state index contributed by atoms with van der Waals surface area (Å²) in [4.78, 5) is 23.2. The third-order valence-electron chi connectivity index (χ3n) is 4.60. The van der Waals surface area contributed by atoms with Crippen LogP contribution in [0.25, 0.3) is 16.9 Å². The molecule has 0 bridgehead atoms. The van der Waals surface area contributed by atoms with Crippen molar-refractivity contribution in [2.24, 2.45) is 0 Å². The molecule has 0 aliphatic rings. The lowest BCUT2D eigenvalue weighted by Gasteiger charge is -2.07. The number of hydrogen-bond donors (Lipinski definition) is 0. The fourth-order valence-electron chi connectivity index (χ4n) is 3.18. The first-order valence-electron chi connectivity index (χ1n) is 9.05. The van der Waals surface area contributed by atoms with Crippen molar-refractivity contribution in [1.29, 1.82) is 5.26 Å². The Kier molecular flexibility index (Phi) is 4.93. The van der Waals surface area contributed by atoms with Crippen molar-refractivity contribution in [3.05, 3.63) is 111 Å². The van der Waals surface area contributed by atoms with Gasteiger partial charge in [-0.15, -0.1) is 0 Å². The van der Waals surface area contributed by atoms with Crippen LogP contribution in [0, 0.1) is 21.4 Å². The van der Waals surface area contributed by atoms with Gasteiger partial charge in [0, 0.05) is 23.4 Å². The van der Waals surface area contributed by atoms with Gasteiger partial charge in [0.05, 0.1) is 29.0 Å². The van der Waals surface area contributed by atoms with Crippen molar-refractivity contribution in [2.75, 3.05) is 0 Å². The Morgan fingerprint density at radius 2 is 1.70 bits per heavy atom. The lowest BCUT2D eigenvalue weighted by Crippen LogP contribution is -2.23. The van der Waals surface area contributed by atoms with Crippen LogP contribution in [0.2, 0.25) is 0 Å². The minimum absolute atomic E-state index is 0.0340. The molecule has 0 unspecified atom stereocenters. The molecule has 2 aromatic carbocycles. The second-order valence-electron chi connectivity index (χ2n) is 6.56. The zero-order valence-corrected chi connectivity index (χ0v) is 15.7. The zero-order valence-electron chi connectivity index (χ0n) is 15.7. The SMILES string of the molecule is N#Cc1cc([N+](=O)[O-])cn(Cc2cn(-c3ccccc3)nc2-c2ccccc2)c1=O. The van der Waals surface area contributed by atoms with E-state index in [2.05, 4.69) is 5.10 Å². The molecule has 0 saturated heterocycles. The van der Waals surface area contributed by atoms with Crippen LogP contribution in [-0.2, 0) is 6.54 Å². The molecule has 0 fully saturated rings. The van der Waals surface area contributed by atoms with Crippen molar-refractivity contribution in [2.45, 2.75) is 6.54 Å². The molecule has 0 atom stereocenters. The molecule has 8 heteroatoms. The first-order valence-corrected chi connectivity index (χ1v) is 9.05. The highest BCUT2D eigenvalue weighted by Gasteiger charge is 2.17. The normalized spacial score (nSPS) is 10.5. The van der Waals surface area contributed by atoms with Crippen LogP contribution in [0.1, 0.15) is 11.1 Å². The van der Waals surface area contributed by atoms with Crippen LogP contribution in [-0.4, -0.2) is 19.3 Å². The summed E-state index contributed by atoms with van der Waals surface area (Å²) in [5, 5.41) is 25.1. The Hall–Kier alpha value is -4.51. The van der Waals surface area contributed by atoms with Crippen LogP contribution < -0.4 is 5.56 Å². The van der Waals surface area contributed by atoms with Crippen molar-refractivity contribution < 1.29 is 4.92 Å². The number of rotatable bonds is 5. The Morgan fingerprint density at radius 3 is 2.33 bits per heavy atom. The van der Waals surface area contributed by atoms with Crippen LogP contribution >= 0.6 is 0 Å². The number of nitro groups is 1. The Bertz CT molecular complexity index is 1320. The molecule has 146 valence electrons. The number of hydrogen-bond acceptors (Lipinski definition) is 5. The third kappa shape index (κ3) is 3.59. The molecular formula is C22H15N5O3. The summed E-state index contributed by atoms with van der Waals surface area (Å²) < 4.78 is 2.88. The predicted octanol–water partition coefficient (Wildman–Crippen LogP) is 3.53. The maximum absolute atomic E-state index is 12.6. The fraction of sp³-hybridized carbons (Fsp3) is 0.0455. The number of benzene rings is 2. The Labute approximate surface area is 171 Å². The third-order valence-corrected chi connectivity index (χ3v) is 4.60. The molecule has 2 aromatic heterocycles.